The molecule has 0 heterocycles. The van der Waals surface area contributed by atoms with Crippen LogP contribution in [0.3, 0.4) is 0 Å². The molecule has 0 aromatic heterocycles. The van der Waals surface area contributed by atoms with Crippen molar-refractivity contribution in [1.29, 1.82) is 0 Å². The number of alkyl carbamates (subject to hydrolysis) is 1. The van der Waals surface area contributed by atoms with Gasteiger partial charge >= 0.3 is 6.09 Å². The zero-order valence-corrected chi connectivity index (χ0v) is 6.60. The quantitative estimate of drug-likeness (QED) is 0.567. The smallest absolute Gasteiger partial charge is 0.412 e. The third-order valence-corrected chi connectivity index (χ3v) is 0.667. The van der Waals surface area contributed by atoms with E-state index in [1.807, 2.05) is 20.8 Å². The normalized spacial score (nSPS) is 10.3. The highest BCUT2D eigenvalue weighted by atomic mass is 16.5. The van der Waals surface area contributed by atoms with Gasteiger partial charge in [0.15, 0.2) is 0 Å². The Morgan fingerprint density at radius 2 is 2.10 bits per heavy atom. The fourth-order valence-electron chi connectivity index (χ4n) is 0.411. The second kappa shape index (κ2) is 3.25. The lowest BCUT2D eigenvalue weighted by Crippen LogP contribution is -2.40. The van der Waals surface area contributed by atoms with Gasteiger partial charge in [0.1, 0.15) is 0 Å². The lowest BCUT2D eigenvalue weighted by Gasteiger charge is -2.18. The number of rotatable bonds is 1. The van der Waals surface area contributed by atoms with E-state index in [4.69, 9.17) is 0 Å². The van der Waals surface area contributed by atoms with Gasteiger partial charge in [0, 0.05) is 5.54 Å². The molecule has 0 aliphatic heterocycles. The van der Waals surface area contributed by atoms with Gasteiger partial charge < -0.3 is 10.1 Å². The van der Waals surface area contributed by atoms with Crippen molar-refractivity contribution in [1.82, 2.24) is 5.32 Å². The van der Waals surface area contributed by atoms with Crippen molar-refractivity contribution >= 4 is 6.09 Å². The zero-order valence-electron chi connectivity index (χ0n) is 6.60. The first kappa shape index (κ1) is 9.01. The summed E-state index contributed by atoms with van der Waals surface area (Å²) in [5, 5.41) is 2.59. The molecule has 0 aromatic carbocycles. The Labute approximate surface area is 61.1 Å². The number of nitrogens with one attached hydrogen (secondary N) is 1. The molecule has 10 heavy (non-hydrogen) atoms. The van der Waals surface area contributed by atoms with Crippen LogP contribution in [0.4, 0.5) is 4.79 Å². The molecular weight excluding hydrogens is 130 g/mol. The summed E-state index contributed by atoms with van der Waals surface area (Å²) in [5.41, 5.74) is -0.250. The van der Waals surface area contributed by atoms with Gasteiger partial charge in [-0.2, -0.15) is 0 Å². The summed E-state index contributed by atoms with van der Waals surface area (Å²) in [4.78, 5) is 10.7. The van der Waals surface area contributed by atoms with Crippen LogP contribution in [-0.2, 0) is 4.74 Å². The first-order valence-corrected chi connectivity index (χ1v) is 3.05. The minimum absolute atomic E-state index is 0.250. The van der Waals surface area contributed by atoms with Crippen LogP contribution in [0, 0.1) is 0 Å². The molecule has 0 rings (SSSR count). The summed E-state index contributed by atoms with van der Waals surface area (Å²) in [5.74, 6) is 0. The second-order valence-electron chi connectivity index (χ2n) is 2.95. The first-order chi connectivity index (χ1) is 4.45. The number of hydrogen-bond acceptors (Lipinski definition) is 2. The van der Waals surface area contributed by atoms with E-state index in [0.29, 0.717) is 0 Å². The minimum Gasteiger partial charge on any atom is -0.419 e. The standard InChI is InChI=1S/C7H13NO2/c1-5-10-6(9)8-7(2,3)4/h5H,1H2,2-4H3,(H,8,9). The van der Waals surface area contributed by atoms with Crippen molar-refractivity contribution in [3.63, 3.8) is 0 Å². The summed E-state index contributed by atoms with van der Waals surface area (Å²) < 4.78 is 4.43. The van der Waals surface area contributed by atoms with Gasteiger partial charge in [-0.25, -0.2) is 4.79 Å². The number of amides is 1. The molecule has 0 bridgehead atoms. The van der Waals surface area contributed by atoms with E-state index in [2.05, 4.69) is 16.6 Å². The maximum Gasteiger partial charge on any atom is 0.412 e. The fourth-order valence-corrected chi connectivity index (χ4v) is 0.411. The van der Waals surface area contributed by atoms with E-state index in [1.165, 1.54) is 0 Å². The lowest BCUT2D eigenvalue weighted by atomic mass is 10.1. The molecule has 0 atom stereocenters. The van der Waals surface area contributed by atoms with Crippen LogP contribution in [-0.4, -0.2) is 11.6 Å². The van der Waals surface area contributed by atoms with Crippen molar-refractivity contribution in [2.45, 2.75) is 26.3 Å². The molecule has 0 spiro atoms. The molecule has 0 saturated heterocycles. The molecule has 1 amide bonds. The Balaban J connectivity index is 3.68. The van der Waals surface area contributed by atoms with Crippen molar-refractivity contribution < 1.29 is 9.53 Å². The minimum atomic E-state index is -0.470. The maximum absolute atomic E-state index is 10.7. The van der Waals surface area contributed by atoms with Crippen molar-refractivity contribution in [3.8, 4) is 0 Å². The van der Waals surface area contributed by atoms with Gasteiger partial charge in [-0.15, -0.1) is 0 Å². The van der Waals surface area contributed by atoms with Crippen molar-refractivity contribution in [2.75, 3.05) is 0 Å². The highest BCUT2D eigenvalue weighted by molar-refractivity contribution is 5.68. The molecule has 58 valence electrons. The summed E-state index contributed by atoms with van der Waals surface area (Å²) >= 11 is 0. The maximum atomic E-state index is 10.7. The van der Waals surface area contributed by atoms with Crippen LogP contribution in [0.5, 0.6) is 0 Å². The lowest BCUT2D eigenvalue weighted by molar-refractivity contribution is 0.176. The summed E-state index contributed by atoms with van der Waals surface area (Å²) in [6.07, 6.45) is 0.628. The third kappa shape index (κ3) is 5.15. The predicted octanol–water partition coefficient (Wildman–Crippen LogP) is 1.65. The number of carbonyl (C=O) groups is 1. The Hall–Kier alpha value is -0.990. The van der Waals surface area contributed by atoms with Crippen molar-refractivity contribution in [3.05, 3.63) is 12.8 Å². The molecule has 0 aliphatic carbocycles. The number of hydrogen-bond donors (Lipinski definition) is 1. The molecular formula is C7H13NO2. The van der Waals surface area contributed by atoms with Gasteiger partial charge in [-0.05, 0) is 20.8 Å². The van der Waals surface area contributed by atoms with E-state index in [0.717, 1.165) is 6.26 Å². The average molecular weight is 143 g/mol. The molecule has 0 unspecified atom stereocenters. The van der Waals surface area contributed by atoms with E-state index in [9.17, 15) is 4.79 Å². The van der Waals surface area contributed by atoms with Gasteiger partial charge in [0.25, 0.3) is 0 Å². The molecule has 1 N–H and O–H groups in total. The summed E-state index contributed by atoms with van der Waals surface area (Å²) in [7, 11) is 0. The van der Waals surface area contributed by atoms with Crippen LogP contribution in [0.1, 0.15) is 20.8 Å². The Kier molecular flexibility index (Phi) is 2.93. The largest absolute Gasteiger partial charge is 0.419 e. The van der Waals surface area contributed by atoms with E-state index >= 15 is 0 Å². The Bertz CT molecular complexity index is 135. The zero-order chi connectivity index (χ0) is 8.20. The molecule has 3 heteroatoms. The topological polar surface area (TPSA) is 38.3 Å². The van der Waals surface area contributed by atoms with Crippen LogP contribution in [0.2, 0.25) is 0 Å². The monoisotopic (exact) mass is 143 g/mol. The van der Waals surface area contributed by atoms with Gasteiger partial charge in [0.05, 0.1) is 6.26 Å². The molecule has 0 saturated carbocycles. The van der Waals surface area contributed by atoms with Crippen LogP contribution in [0.25, 0.3) is 0 Å². The number of ether oxygens (including phenoxy) is 1. The average Bonchev–Trinajstić information content (AvgIpc) is 1.59. The van der Waals surface area contributed by atoms with Gasteiger partial charge in [0.2, 0.25) is 0 Å². The van der Waals surface area contributed by atoms with Gasteiger partial charge in [-0.1, -0.05) is 6.58 Å². The highest BCUT2D eigenvalue weighted by Crippen LogP contribution is 1.98. The van der Waals surface area contributed by atoms with E-state index in [1.54, 1.807) is 0 Å². The Morgan fingerprint density at radius 1 is 1.60 bits per heavy atom. The number of carbonyl (C=O) groups excluding carboxylic acids is 1. The molecule has 0 fully saturated rings. The highest BCUT2D eigenvalue weighted by Gasteiger charge is 2.13. The van der Waals surface area contributed by atoms with Crippen LogP contribution >= 0.6 is 0 Å². The molecule has 0 radical (unpaired) electrons. The molecule has 3 nitrogen and oxygen atoms in total. The van der Waals surface area contributed by atoms with Crippen LogP contribution < -0.4 is 5.32 Å². The second-order valence-corrected chi connectivity index (χ2v) is 2.95. The predicted molar refractivity (Wildman–Crippen MR) is 39.6 cm³/mol. The summed E-state index contributed by atoms with van der Waals surface area (Å²) in [6, 6.07) is 0. The van der Waals surface area contributed by atoms with Crippen molar-refractivity contribution in [2.24, 2.45) is 0 Å². The SMILES string of the molecule is C=COC(=O)NC(C)(C)C. The van der Waals surface area contributed by atoms with E-state index in [-0.39, 0.29) is 5.54 Å². The fraction of sp³-hybridized carbons (Fsp3) is 0.571. The Morgan fingerprint density at radius 3 is 2.40 bits per heavy atom. The summed E-state index contributed by atoms with van der Waals surface area (Å²) in [6.45, 7) is 8.86. The van der Waals surface area contributed by atoms with Gasteiger partial charge in [-0.3, -0.25) is 0 Å². The first-order valence-electron chi connectivity index (χ1n) is 3.05. The third-order valence-electron chi connectivity index (χ3n) is 0.667. The molecule has 0 aliphatic rings. The molecule has 0 aromatic rings. The van der Waals surface area contributed by atoms with E-state index < -0.39 is 6.09 Å². The van der Waals surface area contributed by atoms with Crippen LogP contribution in [0.15, 0.2) is 12.8 Å².